The minimum absolute atomic E-state index is 0.0482. The van der Waals surface area contributed by atoms with Gasteiger partial charge < -0.3 is 15.2 Å². The second kappa shape index (κ2) is 6.94. The summed E-state index contributed by atoms with van der Waals surface area (Å²) in [5, 5.41) is 12.4. The molecule has 6 heteroatoms. The second-order valence-electron chi connectivity index (χ2n) is 6.04. The summed E-state index contributed by atoms with van der Waals surface area (Å²) in [5.74, 6) is -1.00. The Labute approximate surface area is 134 Å². The topological polar surface area (TPSA) is 58.6 Å². The maximum Gasteiger partial charge on any atom is 0.224 e. The van der Waals surface area contributed by atoms with E-state index in [1.165, 1.54) is 6.07 Å². The number of methoxy groups -OCH3 is 1. The summed E-state index contributed by atoms with van der Waals surface area (Å²) in [6.45, 7) is 2.07. The van der Waals surface area contributed by atoms with Crippen molar-refractivity contribution in [2.75, 3.05) is 20.3 Å². The van der Waals surface area contributed by atoms with E-state index in [9.17, 15) is 9.18 Å². The SMILES string of the molecule is COCC(C)(CCO)NC(=O)C1CC1c1c(F)cccc1Cl. The fourth-order valence-electron chi connectivity index (χ4n) is 2.79. The van der Waals surface area contributed by atoms with Crippen LogP contribution in [-0.4, -0.2) is 36.9 Å². The van der Waals surface area contributed by atoms with Gasteiger partial charge in [-0.2, -0.15) is 0 Å². The van der Waals surface area contributed by atoms with Gasteiger partial charge >= 0.3 is 0 Å². The van der Waals surface area contributed by atoms with Gasteiger partial charge in [0.15, 0.2) is 0 Å². The van der Waals surface area contributed by atoms with Crippen molar-refractivity contribution >= 4 is 17.5 Å². The van der Waals surface area contributed by atoms with E-state index in [0.29, 0.717) is 30.0 Å². The molecule has 122 valence electrons. The Morgan fingerprint density at radius 1 is 1.59 bits per heavy atom. The number of rotatable bonds is 7. The number of amides is 1. The highest BCUT2D eigenvalue weighted by molar-refractivity contribution is 6.31. The number of aliphatic hydroxyl groups is 1. The number of carbonyl (C=O) groups excluding carboxylic acids is 1. The van der Waals surface area contributed by atoms with E-state index < -0.39 is 5.54 Å². The molecule has 0 spiro atoms. The van der Waals surface area contributed by atoms with E-state index in [1.807, 2.05) is 6.92 Å². The Morgan fingerprint density at radius 2 is 2.32 bits per heavy atom. The smallest absolute Gasteiger partial charge is 0.224 e. The molecule has 1 amide bonds. The van der Waals surface area contributed by atoms with Crippen molar-refractivity contribution in [1.82, 2.24) is 5.32 Å². The van der Waals surface area contributed by atoms with Crippen molar-refractivity contribution in [3.63, 3.8) is 0 Å². The predicted molar refractivity (Wildman–Crippen MR) is 82.4 cm³/mol. The number of nitrogens with one attached hydrogen (secondary N) is 1. The number of benzene rings is 1. The number of aliphatic hydroxyl groups excluding tert-OH is 1. The summed E-state index contributed by atoms with van der Waals surface area (Å²) >= 11 is 6.04. The minimum atomic E-state index is -0.632. The highest BCUT2D eigenvalue weighted by Gasteiger charge is 2.47. The zero-order chi connectivity index (χ0) is 16.3. The van der Waals surface area contributed by atoms with Crippen LogP contribution in [0.15, 0.2) is 18.2 Å². The Morgan fingerprint density at radius 3 is 2.91 bits per heavy atom. The average Bonchev–Trinajstić information content (AvgIpc) is 3.19. The third-order valence-electron chi connectivity index (χ3n) is 4.05. The third kappa shape index (κ3) is 3.77. The summed E-state index contributed by atoms with van der Waals surface area (Å²) in [6, 6.07) is 4.54. The number of hydrogen-bond acceptors (Lipinski definition) is 3. The summed E-state index contributed by atoms with van der Waals surface area (Å²) < 4.78 is 19.0. The summed E-state index contributed by atoms with van der Waals surface area (Å²) in [4.78, 5) is 12.4. The number of ether oxygens (including phenoxy) is 1. The second-order valence-corrected chi connectivity index (χ2v) is 6.45. The van der Waals surface area contributed by atoms with Gasteiger partial charge in [0.05, 0.1) is 12.1 Å². The van der Waals surface area contributed by atoms with Gasteiger partial charge in [-0.25, -0.2) is 4.39 Å². The van der Waals surface area contributed by atoms with E-state index in [1.54, 1.807) is 19.2 Å². The summed E-state index contributed by atoms with van der Waals surface area (Å²) in [6.07, 6.45) is 0.971. The lowest BCUT2D eigenvalue weighted by Gasteiger charge is -2.29. The fraction of sp³-hybridized carbons (Fsp3) is 0.562. The fourth-order valence-corrected chi connectivity index (χ4v) is 3.10. The number of hydrogen-bond donors (Lipinski definition) is 2. The summed E-state index contributed by atoms with van der Waals surface area (Å²) in [7, 11) is 1.54. The maximum absolute atomic E-state index is 13.9. The molecule has 3 atom stereocenters. The molecule has 1 aliphatic carbocycles. The minimum Gasteiger partial charge on any atom is -0.396 e. The first kappa shape index (κ1) is 17.2. The van der Waals surface area contributed by atoms with Gasteiger partial charge in [-0.15, -0.1) is 0 Å². The van der Waals surface area contributed by atoms with Crippen LogP contribution in [0.3, 0.4) is 0 Å². The molecule has 1 fully saturated rings. The van der Waals surface area contributed by atoms with Crippen molar-refractivity contribution in [2.45, 2.75) is 31.2 Å². The Bertz CT molecular complexity index is 526. The van der Waals surface area contributed by atoms with E-state index in [-0.39, 0.29) is 30.2 Å². The Kier molecular flexibility index (Phi) is 5.42. The van der Waals surface area contributed by atoms with E-state index in [2.05, 4.69) is 5.32 Å². The first-order valence-electron chi connectivity index (χ1n) is 7.27. The molecule has 1 aliphatic rings. The molecule has 0 radical (unpaired) electrons. The molecule has 4 nitrogen and oxygen atoms in total. The molecule has 2 rings (SSSR count). The molecule has 0 bridgehead atoms. The molecule has 0 saturated heterocycles. The quantitative estimate of drug-likeness (QED) is 0.808. The third-order valence-corrected chi connectivity index (χ3v) is 4.38. The average molecular weight is 330 g/mol. The van der Waals surface area contributed by atoms with Crippen molar-refractivity contribution in [3.8, 4) is 0 Å². The predicted octanol–water partition coefficient (Wildman–Crippen LogP) is 2.49. The monoisotopic (exact) mass is 329 g/mol. The lowest BCUT2D eigenvalue weighted by molar-refractivity contribution is -0.125. The molecule has 0 aliphatic heterocycles. The van der Waals surface area contributed by atoms with Crippen LogP contribution in [0.25, 0.3) is 0 Å². The Balaban J connectivity index is 2.04. The first-order valence-corrected chi connectivity index (χ1v) is 7.65. The van der Waals surface area contributed by atoms with E-state index >= 15 is 0 Å². The van der Waals surface area contributed by atoms with Gasteiger partial charge in [-0.05, 0) is 31.9 Å². The molecule has 1 saturated carbocycles. The molecule has 0 aromatic heterocycles. The lowest BCUT2D eigenvalue weighted by atomic mass is 9.98. The van der Waals surface area contributed by atoms with E-state index in [0.717, 1.165) is 0 Å². The zero-order valence-electron chi connectivity index (χ0n) is 12.7. The van der Waals surface area contributed by atoms with Crippen LogP contribution >= 0.6 is 11.6 Å². The highest BCUT2D eigenvalue weighted by atomic mass is 35.5. The molecule has 22 heavy (non-hydrogen) atoms. The molecule has 3 unspecified atom stereocenters. The van der Waals surface area contributed by atoms with Gasteiger partial charge in [0, 0.05) is 36.1 Å². The molecule has 2 N–H and O–H groups in total. The maximum atomic E-state index is 13.9. The van der Waals surface area contributed by atoms with Gasteiger partial charge in [0.2, 0.25) is 5.91 Å². The molecule has 1 aromatic rings. The van der Waals surface area contributed by atoms with Crippen LogP contribution in [0.5, 0.6) is 0 Å². The number of carbonyl (C=O) groups is 1. The largest absolute Gasteiger partial charge is 0.396 e. The standard InChI is InChI=1S/C16H21ClFNO3/c1-16(6-7-20,9-22-2)19-15(21)11-8-10(11)14-12(17)4-3-5-13(14)18/h3-5,10-11,20H,6-9H2,1-2H3,(H,19,21). The normalized spacial score (nSPS) is 23.0. The van der Waals surface area contributed by atoms with Crippen LogP contribution in [0, 0.1) is 11.7 Å². The first-order chi connectivity index (χ1) is 10.4. The van der Waals surface area contributed by atoms with Crippen molar-refractivity contribution in [2.24, 2.45) is 5.92 Å². The van der Waals surface area contributed by atoms with Crippen LogP contribution in [0.2, 0.25) is 5.02 Å². The zero-order valence-corrected chi connectivity index (χ0v) is 13.5. The highest BCUT2D eigenvalue weighted by Crippen LogP contribution is 2.50. The van der Waals surface area contributed by atoms with Gasteiger partial charge in [0.1, 0.15) is 5.82 Å². The van der Waals surface area contributed by atoms with E-state index in [4.69, 9.17) is 21.4 Å². The van der Waals surface area contributed by atoms with Gasteiger partial charge in [-0.3, -0.25) is 4.79 Å². The Hall–Kier alpha value is -1.17. The molecule has 1 aromatic carbocycles. The van der Waals surface area contributed by atoms with Crippen molar-refractivity contribution in [1.29, 1.82) is 0 Å². The van der Waals surface area contributed by atoms with Crippen LogP contribution < -0.4 is 5.32 Å². The molecular formula is C16H21ClFNO3. The van der Waals surface area contributed by atoms with Crippen molar-refractivity contribution < 1.29 is 19.0 Å². The van der Waals surface area contributed by atoms with Gasteiger partial charge in [-0.1, -0.05) is 17.7 Å². The lowest BCUT2D eigenvalue weighted by Crippen LogP contribution is -2.50. The van der Waals surface area contributed by atoms with Crippen molar-refractivity contribution in [3.05, 3.63) is 34.6 Å². The van der Waals surface area contributed by atoms with Gasteiger partial charge in [0.25, 0.3) is 0 Å². The molecular weight excluding hydrogens is 309 g/mol. The molecule has 0 heterocycles. The van der Waals surface area contributed by atoms with Crippen LogP contribution in [-0.2, 0) is 9.53 Å². The number of halogens is 2. The summed E-state index contributed by atoms with van der Waals surface area (Å²) in [5.41, 5.74) is -0.216. The van der Waals surface area contributed by atoms with Crippen LogP contribution in [0.1, 0.15) is 31.2 Å². The van der Waals surface area contributed by atoms with Crippen LogP contribution in [0.4, 0.5) is 4.39 Å².